The molecule has 4 rings (SSSR count). The number of aryl methyl sites for hydroxylation is 1. The van der Waals surface area contributed by atoms with Crippen LogP contribution in [-0.2, 0) is 13.0 Å². The number of carbonyl (C=O) groups excluding carboxylic acids is 1. The summed E-state index contributed by atoms with van der Waals surface area (Å²) in [6, 6.07) is 15.1. The molecule has 2 aromatic heterocycles. The largest absolute Gasteiger partial charge is 0.487 e. The van der Waals surface area contributed by atoms with Gasteiger partial charge in [-0.25, -0.2) is 4.98 Å². The van der Waals surface area contributed by atoms with Crippen LogP contribution < -0.4 is 15.6 Å². The molecule has 0 radical (unpaired) electrons. The first-order valence-corrected chi connectivity index (χ1v) is 10.9. The Hall–Kier alpha value is -3.23. The number of carbonyl (C=O) groups is 1. The van der Waals surface area contributed by atoms with Crippen molar-refractivity contribution in [2.24, 2.45) is 0 Å². The first-order valence-electron chi connectivity index (χ1n) is 9.70. The molecule has 0 aliphatic heterocycles. The van der Waals surface area contributed by atoms with Gasteiger partial charge < -0.3 is 10.1 Å². The maximum atomic E-state index is 12.4. The third kappa shape index (κ3) is 5.10. The summed E-state index contributed by atoms with van der Waals surface area (Å²) in [6.07, 6.45) is 1.77. The number of aromatic nitrogens is 3. The number of fused-ring (bicyclic) bond motifs is 1. The quantitative estimate of drug-likeness (QED) is 0.441. The maximum Gasteiger partial charge on any atom is 0.275 e. The second kappa shape index (κ2) is 9.28. The van der Waals surface area contributed by atoms with Gasteiger partial charge in [-0.3, -0.25) is 9.59 Å². The highest BCUT2D eigenvalue weighted by Gasteiger charge is 2.10. The summed E-state index contributed by atoms with van der Waals surface area (Å²) >= 11 is 7.27. The van der Waals surface area contributed by atoms with E-state index in [1.807, 2.05) is 0 Å². The van der Waals surface area contributed by atoms with Crippen LogP contribution in [0.15, 0.2) is 59.4 Å². The van der Waals surface area contributed by atoms with Gasteiger partial charge in [-0.15, -0.1) is 0 Å². The van der Waals surface area contributed by atoms with E-state index in [2.05, 4.69) is 22.3 Å². The van der Waals surface area contributed by atoms with Crippen LogP contribution in [0.5, 0.6) is 5.75 Å². The van der Waals surface area contributed by atoms with Gasteiger partial charge in [0.25, 0.3) is 11.5 Å². The van der Waals surface area contributed by atoms with E-state index < -0.39 is 0 Å². The Morgan fingerprint density at radius 3 is 2.77 bits per heavy atom. The second-order valence-electron chi connectivity index (χ2n) is 6.80. The molecule has 2 aromatic carbocycles. The topological polar surface area (TPSA) is 85.6 Å². The smallest absolute Gasteiger partial charge is 0.275 e. The van der Waals surface area contributed by atoms with Gasteiger partial charge in [-0.05, 0) is 42.8 Å². The van der Waals surface area contributed by atoms with Crippen LogP contribution in [0.2, 0.25) is 5.02 Å². The lowest BCUT2D eigenvalue weighted by atomic mass is 10.2. The van der Waals surface area contributed by atoms with E-state index in [4.69, 9.17) is 16.3 Å². The van der Waals surface area contributed by atoms with Crippen LogP contribution in [0.25, 0.3) is 4.96 Å². The minimum atomic E-state index is -0.248. The van der Waals surface area contributed by atoms with Crippen LogP contribution >= 0.6 is 22.9 Å². The molecule has 0 saturated heterocycles. The molecule has 1 N–H and O–H groups in total. The lowest BCUT2D eigenvalue weighted by Gasteiger charge is -2.09. The molecule has 0 bridgehead atoms. The molecule has 0 atom stereocenters. The van der Waals surface area contributed by atoms with E-state index in [-0.39, 0.29) is 18.1 Å². The van der Waals surface area contributed by atoms with Crippen molar-refractivity contribution in [2.75, 3.05) is 5.32 Å². The Balaban J connectivity index is 1.45. The second-order valence-corrected chi connectivity index (χ2v) is 8.28. The number of benzene rings is 2. The number of amides is 1. The van der Waals surface area contributed by atoms with Gasteiger partial charge in [0.1, 0.15) is 17.4 Å². The number of hydrogen-bond acceptors (Lipinski definition) is 6. The molecule has 0 unspecified atom stereocenters. The molecule has 0 saturated carbocycles. The molecule has 9 heteroatoms. The number of hydrogen-bond donors (Lipinski definition) is 1. The van der Waals surface area contributed by atoms with Crippen molar-refractivity contribution in [1.29, 1.82) is 0 Å². The summed E-state index contributed by atoms with van der Waals surface area (Å²) in [7, 11) is 0. The summed E-state index contributed by atoms with van der Waals surface area (Å²) in [5.41, 5.74) is 1.38. The number of anilines is 1. The Labute approximate surface area is 187 Å². The van der Waals surface area contributed by atoms with Gasteiger partial charge in [-0.2, -0.15) is 9.61 Å². The van der Waals surface area contributed by atoms with Crippen molar-refractivity contribution in [3.8, 4) is 5.75 Å². The predicted molar refractivity (Wildman–Crippen MR) is 121 cm³/mol. The highest BCUT2D eigenvalue weighted by Crippen LogP contribution is 2.20. The van der Waals surface area contributed by atoms with E-state index in [0.717, 1.165) is 17.8 Å². The standard InChI is InChI=1S/C22H19ClN4O3S/c1-2-4-19-26-27-20(28)12-17(25-22(27)31-19)13-30-18-6-3-5-16(11-18)24-21(29)14-7-9-15(23)10-8-14/h3,5-12H,2,4,13H2,1H3,(H,24,29). The van der Waals surface area contributed by atoms with Gasteiger partial charge in [0.05, 0.1) is 5.69 Å². The van der Waals surface area contributed by atoms with Gasteiger partial charge >= 0.3 is 0 Å². The summed E-state index contributed by atoms with van der Waals surface area (Å²) in [4.78, 5) is 29.7. The molecule has 2 heterocycles. The zero-order valence-corrected chi connectivity index (χ0v) is 18.2. The Kier molecular flexibility index (Phi) is 6.29. The molecule has 4 aromatic rings. The number of nitrogens with zero attached hydrogens (tertiary/aromatic N) is 3. The van der Waals surface area contributed by atoms with Crippen LogP contribution in [0.4, 0.5) is 5.69 Å². The van der Waals surface area contributed by atoms with Crippen molar-refractivity contribution in [3.05, 3.63) is 86.2 Å². The maximum absolute atomic E-state index is 12.4. The summed E-state index contributed by atoms with van der Waals surface area (Å²) < 4.78 is 7.12. The highest BCUT2D eigenvalue weighted by atomic mass is 35.5. The zero-order chi connectivity index (χ0) is 21.8. The van der Waals surface area contributed by atoms with Crippen molar-refractivity contribution >= 4 is 39.5 Å². The minimum absolute atomic E-state index is 0.126. The minimum Gasteiger partial charge on any atom is -0.487 e. The third-order valence-corrected chi connectivity index (χ3v) is 5.61. The van der Waals surface area contributed by atoms with Crippen molar-refractivity contribution in [3.63, 3.8) is 0 Å². The number of ether oxygens (including phenoxy) is 1. The average molecular weight is 455 g/mol. The van der Waals surface area contributed by atoms with Crippen molar-refractivity contribution in [2.45, 2.75) is 26.4 Å². The molecular weight excluding hydrogens is 436 g/mol. The van der Waals surface area contributed by atoms with E-state index in [1.54, 1.807) is 48.5 Å². The molecule has 158 valence electrons. The first kappa shape index (κ1) is 21.0. The lowest BCUT2D eigenvalue weighted by Crippen LogP contribution is -2.16. The Morgan fingerprint density at radius 1 is 1.19 bits per heavy atom. The van der Waals surface area contributed by atoms with Crippen LogP contribution in [0.1, 0.15) is 34.4 Å². The molecule has 31 heavy (non-hydrogen) atoms. The van der Waals surface area contributed by atoms with Crippen molar-refractivity contribution in [1.82, 2.24) is 14.6 Å². The summed E-state index contributed by atoms with van der Waals surface area (Å²) in [5, 5.41) is 8.58. The van der Waals surface area contributed by atoms with E-state index in [9.17, 15) is 9.59 Å². The fourth-order valence-electron chi connectivity index (χ4n) is 2.91. The summed E-state index contributed by atoms with van der Waals surface area (Å²) in [6.45, 7) is 2.19. The molecule has 0 aliphatic carbocycles. The third-order valence-electron chi connectivity index (χ3n) is 4.39. The van der Waals surface area contributed by atoms with E-state index in [0.29, 0.717) is 32.7 Å². The monoisotopic (exact) mass is 454 g/mol. The number of nitrogens with one attached hydrogen (secondary N) is 1. The highest BCUT2D eigenvalue weighted by molar-refractivity contribution is 7.16. The Morgan fingerprint density at radius 2 is 2.00 bits per heavy atom. The fourth-order valence-corrected chi connectivity index (χ4v) is 4.06. The molecular formula is C22H19ClN4O3S. The molecule has 0 spiro atoms. The predicted octanol–water partition coefficient (Wildman–Crippen LogP) is 4.59. The van der Waals surface area contributed by atoms with E-state index in [1.165, 1.54) is 21.9 Å². The fraction of sp³-hybridized carbons (Fsp3) is 0.182. The first-order chi connectivity index (χ1) is 15.0. The van der Waals surface area contributed by atoms with Gasteiger partial charge in [0.15, 0.2) is 0 Å². The average Bonchev–Trinajstić information content (AvgIpc) is 3.16. The summed E-state index contributed by atoms with van der Waals surface area (Å²) in [5.74, 6) is 0.300. The van der Waals surface area contributed by atoms with Gasteiger partial charge in [0, 0.05) is 34.8 Å². The van der Waals surface area contributed by atoms with Crippen LogP contribution in [0, 0.1) is 0 Å². The van der Waals surface area contributed by atoms with E-state index >= 15 is 0 Å². The molecule has 0 fully saturated rings. The zero-order valence-electron chi connectivity index (χ0n) is 16.7. The van der Waals surface area contributed by atoms with Gasteiger partial charge in [0.2, 0.25) is 4.96 Å². The number of halogens is 1. The molecule has 7 nitrogen and oxygen atoms in total. The molecule has 0 aliphatic rings. The van der Waals surface area contributed by atoms with Crippen molar-refractivity contribution < 1.29 is 9.53 Å². The SMILES string of the molecule is CCCc1nn2c(=O)cc(COc3cccc(NC(=O)c4ccc(Cl)cc4)c3)nc2s1. The Bertz CT molecular complexity index is 1280. The van der Waals surface area contributed by atoms with Crippen LogP contribution in [-0.4, -0.2) is 20.5 Å². The van der Waals surface area contributed by atoms with Gasteiger partial charge in [-0.1, -0.05) is 35.9 Å². The van der Waals surface area contributed by atoms with Crippen LogP contribution in [0.3, 0.4) is 0 Å². The number of rotatable bonds is 7. The molecule has 1 amide bonds. The lowest BCUT2D eigenvalue weighted by molar-refractivity contribution is 0.102. The normalized spacial score (nSPS) is 10.9.